The topological polar surface area (TPSA) is 35.6 Å². The molecular formula is C17H31N3O. The average Bonchev–Trinajstić information content (AvgIpc) is 3.09. The molecule has 1 unspecified atom stereocenters. The zero-order chi connectivity index (χ0) is 14.9. The lowest BCUT2D eigenvalue weighted by atomic mass is 9.94. The number of piperidine rings is 1. The minimum absolute atomic E-state index is 0.190. The molecule has 2 saturated heterocycles. The molecule has 0 aromatic rings. The summed E-state index contributed by atoms with van der Waals surface area (Å²) in [6, 6.07) is 0. The molecule has 1 amide bonds. The van der Waals surface area contributed by atoms with Crippen LogP contribution in [0.15, 0.2) is 0 Å². The van der Waals surface area contributed by atoms with Gasteiger partial charge in [-0.3, -0.25) is 10.1 Å². The summed E-state index contributed by atoms with van der Waals surface area (Å²) in [5, 5.41) is 3.69. The highest BCUT2D eigenvalue weighted by Gasteiger charge is 2.51. The molecule has 1 aliphatic carbocycles. The molecule has 0 bridgehead atoms. The molecule has 0 aromatic heterocycles. The average molecular weight is 293 g/mol. The number of amides is 1. The molecule has 0 radical (unpaired) electrons. The third kappa shape index (κ3) is 2.85. The van der Waals surface area contributed by atoms with E-state index in [-0.39, 0.29) is 11.7 Å². The molecule has 2 heterocycles. The van der Waals surface area contributed by atoms with Gasteiger partial charge in [0.2, 0.25) is 5.91 Å². The highest BCUT2D eigenvalue weighted by Crippen LogP contribution is 2.37. The van der Waals surface area contributed by atoms with Gasteiger partial charge in [0, 0.05) is 6.54 Å². The summed E-state index contributed by atoms with van der Waals surface area (Å²) in [4.78, 5) is 17.7. The van der Waals surface area contributed by atoms with Gasteiger partial charge < -0.3 is 9.80 Å². The van der Waals surface area contributed by atoms with Crippen LogP contribution >= 0.6 is 0 Å². The summed E-state index contributed by atoms with van der Waals surface area (Å²) in [5.74, 6) is 1.11. The Hall–Kier alpha value is -0.610. The minimum Gasteiger partial charge on any atom is -0.325 e. The molecule has 3 rings (SSSR count). The van der Waals surface area contributed by atoms with E-state index in [1.54, 1.807) is 0 Å². The first-order valence-electron chi connectivity index (χ1n) is 8.99. The Morgan fingerprint density at radius 2 is 1.86 bits per heavy atom. The fraction of sp³-hybridized carbons (Fsp3) is 0.941. The van der Waals surface area contributed by atoms with Crippen LogP contribution in [0.25, 0.3) is 0 Å². The number of hydrogen-bond donors (Lipinski definition) is 1. The number of likely N-dealkylation sites (tertiary alicyclic amines) is 1. The van der Waals surface area contributed by atoms with Gasteiger partial charge in [-0.05, 0) is 57.7 Å². The van der Waals surface area contributed by atoms with Gasteiger partial charge in [-0.2, -0.15) is 0 Å². The lowest BCUT2D eigenvalue weighted by Gasteiger charge is -2.34. The van der Waals surface area contributed by atoms with E-state index in [9.17, 15) is 4.79 Å². The van der Waals surface area contributed by atoms with Crippen LogP contribution in [0, 0.1) is 5.92 Å². The van der Waals surface area contributed by atoms with Crippen LogP contribution in [0.2, 0.25) is 0 Å². The quantitative estimate of drug-likeness (QED) is 0.863. The Balaban J connectivity index is 1.62. The Bertz CT molecular complexity index is 370. The zero-order valence-corrected chi connectivity index (χ0v) is 13.7. The van der Waals surface area contributed by atoms with Gasteiger partial charge in [-0.25, -0.2) is 0 Å². The molecule has 1 saturated carbocycles. The molecule has 1 atom stereocenters. The fourth-order valence-electron chi connectivity index (χ4n) is 4.51. The van der Waals surface area contributed by atoms with Crippen LogP contribution < -0.4 is 5.32 Å². The molecule has 0 aromatic carbocycles. The fourth-order valence-corrected chi connectivity index (χ4v) is 4.51. The number of nitrogens with zero attached hydrogens (tertiary/aromatic N) is 2. The Kier molecular flexibility index (Phi) is 4.55. The molecule has 4 nitrogen and oxygen atoms in total. The normalized spacial score (nSPS) is 30.7. The standard InChI is InChI=1S/C17H31N3O/c1-3-15-18-17(9-5-6-10-17)16(21)20(15)13-14-7-11-19(4-2)12-8-14/h14-15,18H,3-13H2,1-2H3. The van der Waals surface area contributed by atoms with Gasteiger partial charge in [-0.1, -0.05) is 26.7 Å². The lowest BCUT2D eigenvalue weighted by Crippen LogP contribution is -2.45. The van der Waals surface area contributed by atoms with Crippen molar-refractivity contribution in [3.05, 3.63) is 0 Å². The Labute approximate surface area is 129 Å². The van der Waals surface area contributed by atoms with Gasteiger partial charge in [0.05, 0.1) is 11.7 Å². The van der Waals surface area contributed by atoms with Gasteiger partial charge >= 0.3 is 0 Å². The summed E-state index contributed by atoms with van der Waals surface area (Å²) in [5.41, 5.74) is -0.190. The van der Waals surface area contributed by atoms with Crippen molar-refractivity contribution in [3.8, 4) is 0 Å². The SMILES string of the molecule is CCC1NC2(CCCC2)C(=O)N1CC1CCN(CC)CC1. The van der Waals surface area contributed by atoms with E-state index < -0.39 is 0 Å². The third-order valence-corrected chi connectivity index (χ3v) is 5.94. The van der Waals surface area contributed by atoms with Crippen LogP contribution in [-0.4, -0.2) is 53.6 Å². The van der Waals surface area contributed by atoms with Gasteiger partial charge in [0.15, 0.2) is 0 Å². The maximum Gasteiger partial charge on any atom is 0.244 e. The molecular weight excluding hydrogens is 262 g/mol. The summed E-state index contributed by atoms with van der Waals surface area (Å²) in [7, 11) is 0. The summed E-state index contributed by atoms with van der Waals surface area (Å²) in [6.45, 7) is 9.00. The zero-order valence-electron chi connectivity index (χ0n) is 13.7. The van der Waals surface area contributed by atoms with Crippen LogP contribution in [0.3, 0.4) is 0 Å². The first-order chi connectivity index (χ1) is 10.2. The van der Waals surface area contributed by atoms with Crippen molar-refractivity contribution in [3.63, 3.8) is 0 Å². The van der Waals surface area contributed by atoms with Crippen LogP contribution in [0.4, 0.5) is 0 Å². The molecule has 3 aliphatic rings. The molecule has 1 spiro atoms. The highest BCUT2D eigenvalue weighted by atomic mass is 16.2. The van der Waals surface area contributed by atoms with Gasteiger partial charge in [0.1, 0.15) is 0 Å². The molecule has 21 heavy (non-hydrogen) atoms. The predicted molar refractivity (Wildman–Crippen MR) is 85.0 cm³/mol. The Morgan fingerprint density at radius 1 is 1.19 bits per heavy atom. The third-order valence-electron chi connectivity index (χ3n) is 5.94. The van der Waals surface area contributed by atoms with E-state index in [4.69, 9.17) is 0 Å². The van der Waals surface area contributed by atoms with E-state index in [0.717, 1.165) is 32.4 Å². The van der Waals surface area contributed by atoms with Crippen LogP contribution in [0.1, 0.15) is 58.8 Å². The van der Waals surface area contributed by atoms with E-state index in [1.165, 1.54) is 38.8 Å². The molecule has 4 heteroatoms. The van der Waals surface area contributed by atoms with Crippen molar-refractivity contribution in [1.29, 1.82) is 0 Å². The second-order valence-corrected chi connectivity index (χ2v) is 7.19. The van der Waals surface area contributed by atoms with E-state index in [2.05, 4.69) is 29.0 Å². The largest absolute Gasteiger partial charge is 0.325 e. The molecule has 1 N–H and O–H groups in total. The molecule has 120 valence electrons. The van der Waals surface area contributed by atoms with Crippen molar-refractivity contribution in [2.24, 2.45) is 5.92 Å². The smallest absolute Gasteiger partial charge is 0.244 e. The molecule has 3 fully saturated rings. The first-order valence-corrected chi connectivity index (χ1v) is 8.99. The summed E-state index contributed by atoms with van der Waals surface area (Å²) < 4.78 is 0. The van der Waals surface area contributed by atoms with E-state index >= 15 is 0 Å². The Morgan fingerprint density at radius 3 is 2.43 bits per heavy atom. The lowest BCUT2D eigenvalue weighted by molar-refractivity contribution is -0.134. The number of nitrogens with one attached hydrogen (secondary N) is 1. The number of hydrogen-bond acceptors (Lipinski definition) is 3. The summed E-state index contributed by atoms with van der Waals surface area (Å²) >= 11 is 0. The van der Waals surface area contributed by atoms with Crippen molar-refractivity contribution < 1.29 is 4.79 Å². The second-order valence-electron chi connectivity index (χ2n) is 7.19. The first kappa shape index (κ1) is 15.3. The van der Waals surface area contributed by atoms with Crippen molar-refractivity contribution >= 4 is 5.91 Å². The van der Waals surface area contributed by atoms with Crippen molar-refractivity contribution in [2.45, 2.75) is 70.5 Å². The highest BCUT2D eigenvalue weighted by molar-refractivity contribution is 5.89. The minimum atomic E-state index is -0.190. The predicted octanol–water partition coefficient (Wildman–Crippen LogP) is 2.20. The summed E-state index contributed by atoms with van der Waals surface area (Å²) in [6.07, 6.45) is 8.32. The van der Waals surface area contributed by atoms with E-state index in [1.807, 2.05) is 0 Å². The maximum atomic E-state index is 12.9. The molecule has 2 aliphatic heterocycles. The van der Waals surface area contributed by atoms with Crippen LogP contribution in [0.5, 0.6) is 0 Å². The van der Waals surface area contributed by atoms with Crippen LogP contribution in [-0.2, 0) is 4.79 Å². The van der Waals surface area contributed by atoms with E-state index in [0.29, 0.717) is 11.8 Å². The number of carbonyl (C=O) groups is 1. The number of rotatable bonds is 4. The monoisotopic (exact) mass is 293 g/mol. The van der Waals surface area contributed by atoms with Gasteiger partial charge in [0.25, 0.3) is 0 Å². The number of carbonyl (C=O) groups excluding carboxylic acids is 1. The van der Waals surface area contributed by atoms with Crippen molar-refractivity contribution in [1.82, 2.24) is 15.1 Å². The maximum absolute atomic E-state index is 12.9. The van der Waals surface area contributed by atoms with Gasteiger partial charge in [-0.15, -0.1) is 0 Å². The van der Waals surface area contributed by atoms with Crippen molar-refractivity contribution in [2.75, 3.05) is 26.2 Å². The second kappa shape index (κ2) is 6.25.